The van der Waals surface area contributed by atoms with Gasteiger partial charge in [-0.2, -0.15) is 0 Å². The van der Waals surface area contributed by atoms with Crippen LogP contribution in [0.25, 0.3) is 0 Å². The minimum atomic E-state index is 0.181. The fraction of sp³-hybridized carbons (Fsp3) is 0.333. The molecule has 0 saturated heterocycles. The summed E-state index contributed by atoms with van der Waals surface area (Å²) in [5.41, 5.74) is 7.07. The summed E-state index contributed by atoms with van der Waals surface area (Å²) in [5.74, 6) is 0.665. The molecule has 1 aromatic carbocycles. The van der Waals surface area contributed by atoms with Crippen LogP contribution in [-0.2, 0) is 6.54 Å². The summed E-state index contributed by atoms with van der Waals surface area (Å²) in [7, 11) is 1.52. The molecule has 0 heterocycles. The fourth-order valence-electron chi connectivity index (χ4n) is 1.10. The van der Waals surface area contributed by atoms with E-state index in [1.807, 2.05) is 19.1 Å². The van der Waals surface area contributed by atoms with Crippen molar-refractivity contribution in [2.24, 2.45) is 5.73 Å². The summed E-state index contributed by atoms with van der Waals surface area (Å²) < 4.78 is 5.02. The Kier molecular flexibility index (Phi) is 2.55. The first-order valence-electron chi connectivity index (χ1n) is 3.76. The molecule has 0 radical (unpaired) electrons. The molecule has 0 spiro atoms. The van der Waals surface area contributed by atoms with Crippen LogP contribution < -0.4 is 10.5 Å². The van der Waals surface area contributed by atoms with Crippen molar-refractivity contribution >= 4 is 0 Å². The van der Waals surface area contributed by atoms with Crippen LogP contribution >= 0.6 is 0 Å². The SMILES string of the molecule is COc1c(CN)ccc(C)c1O. The van der Waals surface area contributed by atoms with E-state index in [0.717, 1.165) is 11.1 Å². The average molecular weight is 167 g/mol. The highest BCUT2D eigenvalue weighted by atomic mass is 16.5. The van der Waals surface area contributed by atoms with Crippen molar-refractivity contribution < 1.29 is 9.84 Å². The van der Waals surface area contributed by atoms with Gasteiger partial charge in [-0.15, -0.1) is 0 Å². The van der Waals surface area contributed by atoms with Crippen molar-refractivity contribution in [2.75, 3.05) is 7.11 Å². The zero-order chi connectivity index (χ0) is 9.14. The van der Waals surface area contributed by atoms with Crippen molar-refractivity contribution in [3.8, 4) is 11.5 Å². The third kappa shape index (κ3) is 1.36. The van der Waals surface area contributed by atoms with Crippen LogP contribution in [0.3, 0.4) is 0 Å². The molecule has 0 fully saturated rings. The van der Waals surface area contributed by atoms with Gasteiger partial charge in [0.15, 0.2) is 11.5 Å². The number of ether oxygens (including phenoxy) is 1. The Balaban J connectivity index is 3.25. The smallest absolute Gasteiger partial charge is 0.165 e. The lowest BCUT2D eigenvalue weighted by atomic mass is 10.1. The number of phenolic OH excluding ortho intramolecular Hbond substituents is 1. The highest BCUT2D eigenvalue weighted by Gasteiger charge is 2.08. The summed E-state index contributed by atoms with van der Waals surface area (Å²) in [6.07, 6.45) is 0. The zero-order valence-corrected chi connectivity index (χ0v) is 7.29. The van der Waals surface area contributed by atoms with E-state index < -0.39 is 0 Å². The number of aromatic hydroxyl groups is 1. The second-order valence-corrected chi connectivity index (χ2v) is 2.63. The molecule has 66 valence electrons. The highest BCUT2D eigenvalue weighted by molar-refractivity contribution is 5.50. The lowest BCUT2D eigenvalue weighted by molar-refractivity contribution is 0.367. The Labute approximate surface area is 71.8 Å². The number of nitrogens with two attached hydrogens (primary N) is 1. The number of methoxy groups -OCH3 is 1. The number of hydrogen-bond donors (Lipinski definition) is 2. The minimum Gasteiger partial charge on any atom is -0.504 e. The van der Waals surface area contributed by atoms with Gasteiger partial charge in [0.2, 0.25) is 0 Å². The van der Waals surface area contributed by atoms with Crippen LogP contribution in [0.1, 0.15) is 11.1 Å². The number of aryl methyl sites for hydroxylation is 1. The molecule has 3 N–H and O–H groups in total. The van der Waals surface area contributed by atoms with Gasteiger partial charge in [0.05, 0.1) is 7.11 Å². The van der Waals surface area contributed by atoms with Crippen LogP contribution in [0.2, 0.25) is 0 Å². The molecule has 0 aromatic heterocycles. The van der Waals surface area contributed by atoms with Crippen molar-refractivity contribution in [1.29, 1.82) is 0 Å². The molecule has 0 aliphatic heterocycles. The van der Waals surface area contributed by atoms with E-state index in [0.29, 0.717) is 12.3 Å². The Morgan fingerprint density at radius 3 is 2.67 bits per heavy atom. The third-order valence-corrected chi connectivity index (χ3v) is 1.84. The fourth-order valence-corrected chi connectivity index (χ4v) is 1.10. The van der Waals surface area contributed by atoms with Gasteiger partial charge in [0.1, 0.15) is 0 Å². The second kappa shape index (κ2) is 3.45. The number of rotatable bonds is 2. The van der Waals surface area contributed by atoms with Crippen LogP contribution in [0, 0.1) is 6.92 Å². The van der Waals surface area contributed by atoms with Gasteiger partial charge in [0, 0.05) is 12.1 Å². The molecule has 0 saturated carbocycles. The standard InChI is InChI=1S/C9H13NO2/c1-6-3-4-7(5-10)9(12-2)8(6)11/h3-4,11H,5,10H2,1-2H3. The number of phenols is 1. The number of benzene rings is 1. The highest BCUT2D eigenvalue weighted by Crippen LogP contribution is 2.32. The van der Waals surface area contributed by atoms with Gasteiger partial charge in [-0.05, 0) is 12.5 Å². The van der Waals surface area contributed by atoms with Crippen LogP contribution in [0.4, 0.5) is 0 Å². The van der Waals surface area contributed by atoms with E-state index in [2.05, 4.69) is 0 Å². The molecule has 0 aliphatic carbocycles. The van der Waals surface area contributed by atoms with E-state index >= 15 is 0 Å². The van der Waals surface area contributed by atoms with Crippen molar-refractivity contribution in [1.82, 2.24) is 0 Å². The second-order valence-electron chi connectivity index (χ2n) is 2.63. The topological polar surface area (TPSA) is 55.5 Å². The van der Waals surface area contributed by atoms with Crippen molar-refractivity contribution in [3.05, 3.63) is 23.3 Å². The van der Waals surface area contributed by atoms with Gasteiger partial charge in [-0.25, -0.2) is 0 Å². The van der Waals surface area contributed by atoms with E-state index in [1.165, 1.54) is 7.11 Å². The first-order chi connectivity index (χ1) is 5.70. The summed E-state index contributed by atoms with van der Waals surface area (Å²) in [6, 6.07) is 3.67. The molecule has 3 nitrogen and oxygen atoms in total. The maximum Gasteiger partial charge on any atom is 0.165 e. The first kappa shape index (κ1) is 8.87. The molecule has 0 bridgehead atoms. The van der Waals surface area contributed by atoms with Gasteiger partial charge in [0.25, 0.3) is 0 Å². The van der Waals surface area contributed by atoms with Crippen LogP contribution in [0.15, 0.2) is 12.1 Å². The summed E-state index contributed by atoms with van der Waals surface area (Å²) in [6.45, 7) is 2.19. The molecule has 0 unspecified atom stereocenters. The molecule has 12 heavy (non-hydrogen) atoms. The van der Waals surface area contributed by atoms with Crippen molar-refractivity contribution in [3.63, 3.8) is 0 Å². The average Bonchev–Trinajstić information content (AvgIpc) is 2.09. The van der Waals surface area contributed by atoms with E-state index in [-0.39, 0.29) is 5.75 Å². The quantitative estimate of drug-likeness (QED) is 0.695. The van der Waals surface area contributed by atoms with Crippen molar-refractivity contribution in [2.45, 2.75) is 13.5 Å². The molecular weight excluding hydrogens is 154 g/mol. The monoisotopic (exact) mass is 167 g/mol. The predicted molar refractivity (Wildman–Crippen MR) is 47.3 cm³/mol. The Bertz CT molecular complexity index is 284. The Morgan fingerprint density at radius 1 is 1.50 bits per heavy atom. The van der Waals surface area contributed by atoms with Gasteiger partial charge < -0.3 is 15.6 Å². The van der Waals surface area contributed by atoms with E-state index in [9.17, 15) is 5.11 Å². The maximum absolute atomic E-state index is 9.53. The normalized spacial score (nSPS) is 9.92. The van der Waals surface area contributed by atoms with Crippen LogP contribution in [0.5, 0.6) is 11.5 Å². The molecule has 0 aliphatic rings. The van der Waals surface area contributed by atoms with Gasteiger partial charge in [-0.1, -0.05) is 12.1 Å². The first-order valence-corrected chi connectivity index (χ1v) is 3.76. The summed E-state index contributed by atoms with van der Waals surface area (Å²) in [5, 5.41) is 9.53. The largest absolute Gasteiger partial charge is 0.504 e. The number of hydrogen-bond acceptors (Lipinski definition) is 3. The lowest BCUT2D eigenvalue weighted by Gasteiger charge is -2.09. The molecule has 0 atom stereocenters. The summed E-state index contributed by atoms with van der Waals surface area (Å²) in [4.78, 5) is 0. The maximum atomic E-state index is 9.53. The zero-order valence-electron chi connectivity index (χ0n) is 7.29. The van der Waals surface area contributed by atoms with Gasteiger partial charge in [-0.3, -0.25) is 0 Å². The van der Waals surface area contributed by atoms with Gasteiger partial charge >= 0.3 is 0 Å². The molecule has 0 amide bonds. The molecular formula is C9H13NO2. The van der Waals surface area contributed by atoms with E-state index in [1.54, 1.807) is 0 Å². The lowest BCUT2D eigenvalue weighted by Crippen LogP contribution is -2.00. The van der Waals surface area contributed by atoms with Crippen LogP contribution in [-0.4, -0.2) is 12.2 Å². The molecule has 3 heteroatoms. The molecule has 1 rings (SSSR count). The summed E-state index contributed by atoms with van der Waals surface area (Å²) >= 11 is 0. The van der Waals surface area contributed by atoms with E-state index in [4.69, 9.17) is 10.5 Å². The minimum absolute atomic E-state index is 0.181. The third-order valence-electron chi connectivity index (χ3n) is 1.84. The Morgan fingerprint density at radius 2 is 2.17 bits per heavy atom. The molecule has 1 aromatic rings. The Hall–Kier alpha value is -1.22. The predicted octanol–water partition coefficient (Wildman–Crippen LogP) is 1.17.